The van der Waals surface area contributed by atoms with Gasteiger partial charge in [0.1, 0.15) is 11.6 Å². The summed E-state index contributed by atoms with van der Waals surface area (Å²) < 4.78 is 1.90. The van der Waals surface area contributed by atoms with Crippen LogP contribution in [0.4, 0.5) is 10.6 Å². The van der Waals surface area contributed by atoms with Crippen LogP contribution in [-0.4, -0.2) is 63.4 Å². The Morgan fingerprint density at radius 1 is 1.03 bits per heavy atom. The first-order valence-electron chi connectivity index (χ1n) is 10.6. The van der Waals surface area contributed by atoms with Crippen molar-refractivity contribution < 1.29 is 4.79 Å². The molecule has 0 saturated carbocycles. The maximum atomic E-state index is 12.3. The Balaban J connectivity index is 1.64. The fourth-order valence-electron chi connectivity index (χ4n) is 3.83. The van der Waals surface area contributed by atoms with Crippen molar-refractivity contribution in [3.63, 3.8) is 0 Å². The summed E-state index contributed by atoms with van der Waals surface area (Å²) in [7, 11) is 0. The SMILES string of the molecule is CCCNC(=O)N1CCN(c2nc(C)nc3c2c(C)nn3-c2ccc(C)cc2)CC1. The van der Waals surface area contributed by atoms with Gasteiger partial charge in [-0.1, -0.05) is 24.6 Å². The molecule has 4 rings (SSSR count). The number of carbonyl (C=O) groups is 1. The monoisotopic (exact) mass is 407 g/mol. The van der Waals surface area contributed by atoms with Crippen molar-refractivity contribution in [2.75, 3.05) is 37.6 Å². The van der Waals surface area contributed by atoms with Gasteiger partial charge in [-0.15, -0.1) is 0 Å². The molecule has 2 aromatic heterocycles. The number of hydrogen-bond acceptors (Lipinski definition) is 5. The van der Waals surface area contributed by atoms with E-state index >= 15 is 0 Å². The van der Waals surface area contributed by atoms with E-state index in [4.69, 9.17) is 15.1 Å². The average Bonchev–Trinajstić information content (AvgIpc) is 3.08. The van der Waals surface area contributed by atoms with E-state index in [9.17, 15) is 4.79 Å². The molecule has 0 spiro atoms. The van der Waals surface area contributed by atoms with Crippen LogP contribution >= 0.6 is 0 Å². The smallest absolute Gasteiger partial charge is 0.317 e. The van der Waals surface area contributed by atoms with E-state index in [1.54, 1.807) is 0 Å². The van der Waals surface area contributed by atoms with Gasteiger partial charge in [-0.25, -0.2) is 19.4 Å². The van der Waals surface area contributed by atoms with Crippen LogP contribution in [0.3, 0.4) is 0 Å². The Morgan fingerprint density at radius 2 is 1.73 bits per heavy atom. The second-order valence-electron chi connectivity index (χ2n) is 7.83. The normalized spacial score (nSPS) is 14.4. The molecule has 158 valence electrons. The molecule has 0 atom stereocenters. The lowest BCUT2D eigenvalue weighted by Gasteiger charge is -2.35. The minimum absolute atomic E-state index is 0.0175. The van der Waals surface area contributed by atoms with Gasteiger partial charge < -0.3 is 15.1 Å². The number of urea groups is 1. The molecule has 0 unspecified atom stereocenters. The third-order valence-corrected chi connectivity index (χ3v) is 5.47. The van der Waals surface area contributed by atoms with Crippen molar-refractivity contribution in [3.05, 3.63) is 41.3 Å². The zero-order valence-electron chi connectivity index (χ0n) is 18.1. The maximum Gasteiger partial charge on any atom is 0.317 e. The van der Waals surface area contributed by atoms with E-state index in [-0.39, 0.29) is 6.03 Å². The lowest BCUT2D eigenvalue weighted by molar-refractivity contribution is 0.194. The highest BCUT2D eigenvalue weighted by Crippen LogP contribution is 2.29. The van der Waals surface area contributed by atoms with Gasteiger partial charge in [0.2, 0.25) is 0 Å². The van der Waals surface area contributed by atoms with Gasteiger partial charge in [0, 0.05) is 32.7 Å². The second-order valence-corrected chi connectivity index (χ2v) is 7.83. The summed E-state index contributed by atoms with van der Waals surface area (Å²) in [5.41, 5.74) is 3.92. The zero-order valence-corrected chi connectivity index (χ0v) is 18.1. The number of amides is 2. The summed E-state index contributed by atoms with van der Waals surface area (Å²) in [6.45, 7) is 11.6. The molecule has 3 aromatic rings. The van der Waals surface area contributed by atoms with Gasteiger partial charge in [-0.2, -0.15) is 5.10 Å². The summed E-state index contributed by atoms with van der Waals surface area (Å²) >= 11 is 0. The number of rotatable bonds is 4. The number of hydrogen-bond donors (Lipinski definition) is 1. The predicted octanol–water partition coefficient (Wildman–Crippen LogP) is 2.98. The van der Waals surface area contributed by atoms with Crippen molar-refractivity contribution in [1.82, 2.24) is 30.0 Å². The lowest BCUT2D eigenvalue weighted by Crippen LogP contribution is -2.52. The molecule has 1 fully saturated rings. The minimum Gasteiger partial charge on any atom is -0.352 e. The molecule has 30 heavy (non-hydrogen) atoms. The maximum absolute atomic E-state index is 12.3. The second kappa shape index (κ2) is 8.30. The third kappa shape index (κ3) is 3.81. The van der Waals surface area contributed by atoms with Crippen LogP contribution in [-0.2, 0) is 0 Å². The van der Waals surface area contributed by atoms with Crippen LogP contribution < -0.4 is 10.2 Å². The highest BCUT2D eigenvalue weighted by Gasteiger charge is 2.25. The molecule has 0 bridgehead atoms. The Morgan fingerprint density at radius 3 is 2.40 bits per heavy atom. The molecule has 0 radical (unpaired) electrons. The minimum atomic E-state index is 0.0175. The molecule has 3 heterocycles. The zero-order chi connectivity index (χ0) is 21.3. The van der Waals surface area contributed by atoms with Crippen molar-refractivity contribution >= 4 is 22.9 Å². The van der Waals surface area contributed by atoms with Crippen LogP contribution in [0.25, 0.3) is 16.7 Å². The standard InChI is InChI=1S/C22H29N7O/c1-5-10-23-22(30)28-13-11-27(12-14-28)20-19-16(3)26-29(21(19)25-17(4)24-20)18-8-6-15(2)7-9-18/h6-9H,5,10-14H2,1-4H3,(H,23,30). The molecule has 0 aliphatic carbocycles. The van der Waals surface area contributed by atoms with Crippen LogP contribution in [0.5, 0.6) is 0 Å². The number of aromatic nitrogens is 4. The number of anilines is 1. The molecular weight excluding hydrogens is 378 g/mol. The van der Waals surface area contributed by atoms with Crippen LogP contribution in [0, 0.1) is 20.8 Å². The Bertz CT molecular complexity index is 1050. The van der Waals surface area contributed by atoms with Crippen molar-refractivity contribution in [2.24, 2.45) is 0 Å². The topological polar surface area (TPSA) is 79.2 Å². The first-order chi connectivity index (χ1) is 14.5. The highest BCUT2D eigenvalue weighted by atomic mass is 16.2. The molecule has 2 amide bonds. The summed E-state index contributed by atoms with van der Waals surface area (Å²) in [5, 5.41) is 8.71. The highest BCUT2D eigenvalue weighted by molar-refractivity contribution is 5.91. The first-order valence-corrected chi connectivity index (χ1v) is 10.6. The molecule has 8 nitrogen and oxygen atoms in total. The van der Waals surface area contributed by atoms with Gasteiger partial charge in [0.05, 0.1) is 16.8 Å². The van der Waals surface area contributed by atoms with E-state index in [0.29, 0.717) is 25.5 Å². The predicted molar refractivity (Wildman–Crippen MR) is 118 cm³/mol. The number of piperazine rings is 1. The number of nitrogens with one attached hydrogen (secondary N) is 1. The van der Waals surface area contributed by atoms with Gasteiger partial charge >= 0.3 is 6.03 Å². The van der Waals surface area contributed by atoms with Gasteiger partial charge in [-0.3, -0.25) is 0 Å². The van der Waals surface area contributed by atoms with Crippen molar-refractivity contribution in [1.29, 1.82) is 0 Å². The summed E-state index contributed by atoms with van der Waals surface area (Å²) in [6.07, 6.45) is 0.939. The molecule has 1 aromatic carbocycles. The number of benzene rings is 1. The van der Waals surface area contributed by atoms with Gasteiger partial charge in [0.15, 0.2) is 5.65 Å². The molecule has 1 aliphatic rings. The quantitative estimate of drug-likeness (QED) is 0.719. The Hall–Kier alpha value is -3.16. The third-order valence-electron chi connectivity index (χ3n) is 5.47. The number of aryl methyl sites for hydroxylation is 3. The van der Waals surface area contributed by atoms with Crippen LogP contribution in [0.2, 0.25) is 0 Å². The lowest BCUT2D eigenvalue weighted by atomic mass is 10.2. The summed E-state index contributed by atoms with van der Waals surface area (Å²) in [5.74, 6) is 1.62. The Labute approximate surface area is 176 Å². The molecule has 1 N–H and O–H groups in total. The number of carbonyl (C=O) groups excluding carboxylic acids is 1. The molecular formula is C22H29N7O. The van der Waals surface area contributed by atoms with Gasteiger partial charge in [-0.05, 0) is 39.3 Å². The summed E-state index contributed by atoms with van der Waals surface area (Å²) in [4.78, 5) is 25.9. The van der Waals surface area contributed by atoms with Crippen molar-refractivity contribution in [3.8, 4) is 5.69 Å². The van der Waals surface area contributed by atoms with E-state index in [1.807, 2.05) is 23.4 Å². The fraction of sp³-hybridized carbons (Fsp3) is 0.455. The van der Waals surface area contributed by atoms with Gasteiger partial charge in [0.25, 0.3) is 0 Å². The summed E-state index contributed by atoms with van der Waals surface area (Å²) in [6, 6.07) is 8.30. The van der Waals surface area contributed by atoms with E-state index in [0.717, 1.165) is 47.7 Å². The number of fused-ring (bicyclic) bond motifs is 1. The van der Waals surface area contributed by atoms with Crippen molar-refractivity contribution in [2.45, 2.75) is 34.1 Å². The van der Waals surface area contributed by atoms with Crippen LogP contribution in [0.1, 0.15) is 30.4 Å². The average molecular weight is 408 g/mol. The van der Waals surface area contributed by atoms with E-state index < -0.39 is 0 Å². The fourth-order valence-corrected chi connectivity index (χ4v) is 3.83. The molecule has 1 aliphatic heterocycles. The van der Waals surface area contributed by atoms with E-state index in [1.165, 1.54) is 5.56 Å². The molecule has 8 heteroatoms. The Kier molecular flexibility index (Phi) is 5.57. The first kappa shape index (κ1) is 20.1. The largest absolute Gasteiger partial charge is 0.352 e. The van der Waals surface area contributed by atoms with E-state index in [2.05, 4.69) is 48.3 Å². The van der Waals surface area contributed by atoms with Crippen LogP contribution in [0.15, 0.2) is 24.3 Å². The molecule has 1 saturated heterocycles. The number of nitrogens with zero attached hydrogens (tertiary/aromatic N) is 6.